The summed E-state index contributed by atoms with van der Waals surface area (Å²) in [6.07, 6.45) is 11.4. The van der Waals surface area contributed by atoms with Gasteiger partial charge >= 0.3 is 0 Å². The van der Waals surface area contributed by atoms with Gasteiger partial charge in [0.25, 0.3) is 5.91 Å². The van der Waals surface area contributed by atoms with Crippen LogP contribution in [0.1, 0.15) is 90.9 Å². The highest BCUT2D eigenvalue weighted by molar-refractivity contribution is 6.01. The first-order chi connectivity index (χ1) is 17.5. The van der Waals surface area contributed by atoms with Crippen LogP contribution in [0, 0.1) is 5.92 Å². The van der Waals surface area contributed by atoms with E-state index in [2.05, 4.69) is 45.7 Å². The zero-order valence-electron chi connectivity index (χ0n) is 24.1. The summed E-state index contributed by atoms with van der Waals surface area (Å²) in [5, 5.41) is 32.2. The molecule has 0 atom stereocenters. The molecule has 208 valence electrons. The molecule has 0 aromatic heterocycles. The van der Waals surface area contributed by atoms with E-state index >= 15 is 0 Å². The second-order valence-corrected chi connectivity index (χ2v) is 9.60. The molecule has 37 heavy (non-hydrogen) atoms. The summed E-state index contributed by atoms with van der Waals surface area (Å²) in [6.45, 7) is 18.4. The molecule has 0 aliphatic carbocycles. The number of phenolic OH excluding ortho intramolecular Hbond substituents is 1. The lowest BCUT2D eigenvalue weighted by Gasteiger charge is -2.22. The highest BCUT2D eigenvalue weighted by Gasteiger charge is 2.20. The molecule has 0 saturated heterocycles. The first-order valence-electron chi connectivity index (χ1n) is 13.4. The third-order valence-corrected chi connectivity index (χ3v) is 5.68. The van der Waals surface area contributed by atoms with Gasteiger partial charge in [-0.1, -0.05) is 70.1 Å². The monoisotopic (exact) mass is 514 g/mol. The minimum absolute atomic E-state index is 0.0108. The number of hydrogen-bond donors (Lipinski definition) is 4. The molecule has 0 aliphatic heterocycles. The van der Waals surface area contributed by atoms with E-state index in [9.17, 15) is 20.1 Å². The van der Waals surface area contributed by atoms with Gasteiger partial charge in [-0.2, -0.15) is 0 Å². The Labute approximate surface area is 225 Å². The van der Waals surface area contributed by atoms with Crippen LogP contribution >= 0.6 is 0 Å². The zero-order valence-corrected chi connectivity index (χ0v) is 24.1. The average molecular weight is 515 g/mol. The minimum atomic E-state index is -0.297. The molecule has 0 saturated carbocycles. The van der Waals surface area contributed by atoms with Gasteiger partial charge in [0.1, 0.15) is 11.5 Å². The van der Waals surface area contributed by atoms with Gasteiger partial charge in [0.05, 0.1) is 23.6 Å². The van der Waals surface area contributed by atoms with E-state index in [0.29, 0.717) is 6.54 Å². The number of amides is 1. The van der Waals surface area contributed by atoms with Crippen molar-refractivity contribution < 1.29 is 20.1 Å². The standard InChI is InChI=1S/C29H44N2O4.C2H6/c1-21(2)10-7-11-22(3)12-8-13-23(4)16-18-31(19-17-24(5)32)29(35)26-14-9-15-27(34)28(26)30-20-25(6)33;1-2/h9,12,14-17,21,30,32-34H,6-8,10-11,13,18-20H2,1-5H3;1-2H3/b22-12+,23-16+,24-17+;. The predicted molar refractivity (Wildman–Crippen MR) is 157 cm³/mol. The number of benzene rings is 1. The largest absolute Gasteiger partial charge is 0.513 e. The van der Waals surface area contributed by atoms with Crippen LogP contribution in [0.2, 0.25) is 0 Å². The summed E-state index contributed by atoms with van der Waals surface area (Å²) >= 11 is 0. The van der Waals surface area contributed by atoms with Gasteiger partial charge in [-0.3, -0.25) is 4.79 Å². The Morgan fingerprint density at radius 3 is 2.24 bits per heavy atom. The molecule has 1 aromatic carbocycles. The number of nitrogens with zero attached hydrogens (tertiary/aromatic N) is 1. The summed E-state index contributed by atoms with van der Waals surface area (Å²) in [4.78, 5) is 15.0. The fourth-order valence-electron chi connectivity index (χ4n) is 3.55. The van der Waals surface area contributed by atoms with Crippen LogP contribution in [0.25, 0.3) is 0 Å². The zero-order chi connectivity index (χ0) is 28.4. The lowest BCUT2D eigenvalue weighted by molar-refractivity contribution is 0.0790. The molecule has 0 heterocycles. The van der Waals surface area contributed by atoms with Crippen molar-refractivity contribution in [3.63, 3.8) is 0 Å². The number of rotatable bonds is 15. The van der Waals surface area contributed by atoms with Gasteiger partial charge in [-0.25, -0.2) is 0 Å². The molecule has 0 aliphatic rings. The Morgan fingerprint density at radius 2 is 1.65 bits per heavy atom. The quantitative estimate of drug-likeness (QED) is 0.107. The van der Waals surface area contributed by atoms with Gasteiger partial charge in [0, 0.05) is 13.1 Å². The molecule has 1 rings (SSSR count). The lowest BCUT2D eigenvalue weighted by atomic mass is 10.0. The molecule has 0 spiro atoms. The van der Waals surface area contributed by atoms with Crippen molar-refractivity contribution in [2.24, 2.45) is 5.92 Å². The van der Waals surface area contributed by atoms with Crippen LogP contribution in [0.15, 0.2) is 65.7 Å². The fourth-order valence-corrected chi connectivity index (χ4v) is 3.55. The molecule has 0 radical (unpaired) electrons. The molecule has 6 nitrogen and oxygen atoms in total. The van der Waals surface area contributed by atoms with Gasteiger partial charge in [-0.15, -0.1) is 0 Å². The van der Waals surface area contributed by atoms with Crippen LogP contribution in [-0.4, -0.2) is 45.8 Å². The maximum atomic E-state index is 13.4. The molecule has 0 fully saturated rings. The Balaban J connectivity index is 0.00000631. The van der Waals surface area contributed by atoms with E-state index in [4.69, 9.17) is 0 Å². The van der Waals surface area contributed by atoms with Crippen LogP contribution in [-0.2, 0) is 0 Å². The smallest absolute Gasteiger partial charge is 0.256 e. The first kappa shape index (κ1) is 33.8. The third kappa shape index (κ3) is 14.9. The van der Waals surface area contributed by atoms with Gasteiger partial charge in [0.2, 0.25) is 0 Å². The van der Waals surface area contributed by atoms with Crippen LogP contribution in [0.5, 0.6) is 5.75 Å². The van der Waals surface area contributed by atoms with Gasteiger partial charge < -0.3 is 25.5 Å². The molecular weight excluding hydrogens is 464 g/mol. The molecule has 1 amide bonds. The van der Waals surface area contributed by atoms with Crippen molar-refractivity contribution in [3.8, 4) is 5.75 Å². The number of para-hydroxylation sites is 1. The second kappa shape index (κ2) is 19.0. The highest BCUT2D eigenvalue weighted by Crippen LogP contribution is 2.28. The molecule has 0 unspecified atom stereocenters. The summed E-state index contributed by atoms with van der Waals surface area (Å²) in [6, 6.07) is 4.70. The molecule has 6 heteroatoms. The van der Waals surface area contributed by atoms with Crippen LogP contribution in [0.3, 0.4) is 0 Å². The van der Waals surface area contributed by atoms with Crippen molar-refractivity contribution in [3.05, 3.63) is 71.2 Å². The minimum Gasteiger partial charge on any atom is -0.513 e. The maximum Gasteiger partial charge on any atom is 0.256 e. The number of phenols is 1. The summed E-state index contributed by atoms with van der Waals surface area (Å²) in [5.41, 5.74) is 3.13. The van der Waals surface area contributed by atoms with E-state index in [1.54, 1.807) is 30.0 Å². The van der Waals surface area contributed by atoms with E-state index in [1.165, 1.54) is 30.1 Å². The summed E-state index contributed by atoms with van der Waals surface area (Å²) in [5.74, 6) is 0.379. The molecule has 0 bridgehead atoms. The van der Waals surface area contributed by atoms with Crippen LogP contribution in [0.4, 0.5) is 5.69 Å². The number of allylic oxidation sites excluding steroid dienone is 4. The number of anilines is 1. The van der Waals surface area contributed by atoms with Crippen molar-refractivity contribution in [2.75, 3.05) is 25.0 Å². The topological polar surface area (TPSA) is 93.0 Å². The van der Waals surface area contributed by atoms with Crippen molar-refractivity contribution in [1.82, 2.24) is 4.90 Å². The molecule has 1 aromatic rings. The Hall–Kier alpha value is -3.15. The molecular formula is C31H50N2O4. The van der Waals surface area contributed by atoms with Gasteiger partial charge in [-0.05, 0) is 70.6 Å². The number of aliphatic hydroxyl groups excluding tert-OH is 2. The number of aliphatic hydroxyl groups is 2. The van der Waals surface area contributed by atoms with Crippen molar-refractivity contribution >= 4 is 11.6 Å². The predicted octanol–water partition coefficient (Wildman–Crippen LogP) is 8.31. The van der Waals surface area contributed by atoms with Gasteiger partial charge in [0.15, 0.2) is 0 Å². The summed E-state index contributed by atoms with van der Waals surface area (Å²) in [7, 11) is 0. The Bertz CT molecular complexity index is 925. The van der Waals surface area contributed by atoms with Crippen molar-refractivity contribution in [2.45, 2.75) is 80.6 Å². The van der Waals surface area contributed by atoms with E-state index in [1.807, 2.05) is 19.9 Å². The molecule has 4 N–H and O–H groups in total. The van der Waals surface area contributed by atoms with E-state index in [-0.39, 0.29) is 47.5 Å². The highest BCUT2D eigenvalue weighted by atomic mass is 16.3. The number of carbonyl (C=O) groups excluding carboxylic acids is 1. The SMILES string of the molecule is C=C(O)CNc1c(O)cccc1C(=O)N(C/C=C(\C)O)C/C=C(\C)CC/C=C(\C)CCCC(C)C.CC. The Morgan fingerprint density at radius 1 is 1.03 bits per heavy atom. The first-order valence-corrected chi connectivity index (χ1v) is 13.4. The van der Waals surface area contributed by atoms with Crippen LogP contribution < -0.4 is 5.32 Å². The normalized spacial score (nSPS) is 12.2. The van der Waals surface area contributed by atoms with Crippen molar-refractivity contribution in [1.29, 1.82) is 0 Å². The average Bonchev–Trinajstić information content (AvgIpc) is 2.83. The maximum absolute atomic E-state index is 13.4. The van der Waals surface area contributed by atoms with E-state index in [0.717, 1.165) is 25.2 Å². The third-order valence-electron chi connectivity index (χ3n) is 5.68. The lowest BCUT2D eigenvalue weighted by Crippen LogP contribution is -2.32. The number of aromatic hydroxyl groups is 1. The van der Waals surface area contributed by atoms with E-state index < -0.39 is 0 Å². The number of nitrogens with one attached hydrogen (secondary N) is 1. The Kier molecular flexibility index (Phi) is 17.4. The second-order valence-electron chi connectivity index (χ2n) is 9.60. The summed E-state index contributed by atoms with van der Waals surface area (Å²) < 4.78 is 0. The fraction of sp³-hybridized carbons (Fsp3) is 0.516. The number of hydrogen-bond acceptors (Lipinski definition) is 5. The number of carbonyl (C=O) groups is 1.